The molecule has 0 aliphatic carbocycles. The Balaban J connectivity index is 2.71. The van der Waals surface area contributed by atoms with Gasteiger partial charge in [0.1, 0.15) is 0 Å². The standard InChI is InChI=1S/C15H22N2OS/c1-10(2)16-14(19)17-13(18)11-6-8-12(9-7-11)15(3,4)5/h6-10H,1-5H3,(H2,16,17,18,19). The molecule has 0 radical (unpaired) electrons. The Labute approximate surface area is 120 Å². The van der Waals surface area contributed by atoms with Gasteiger partial charge in [0.05, 0.1) is 0 Å². The van der Waals surface area contributed by atoms with Gasteiger partial charge in [-0.05, 0) is 49.2 Å². The van der Waals surface area contributed by atoms with Gasteiger partial charge >= 0.3 is 0 Å². The quantitative estimate of drug-likeness (QED) is 0.817. The summed E-state index contributed by atoms with van der Waals surface area (Å²) in [6, 6.07) is 7.82. The van der Waals surface area contributed by atoms with Crippen molar-refractivity contribution in [2.45, 2.75) is 46.1 Å². The van der Waals surface area contributed by atoms with Gasteiger partial charge in [-0.2, -0.15) is 0 Å². The van der Waals surface area contributed by atoms with Gasteiger partial charge in [0.25, 0.3) is 5.91 Å². The number of thiocarbonyl (C=S) groups is 1. The Morgan fingerprint density at radius 3 is 2.11 bits per heavy atom. The van der Waals surface area contributed by atoms with E-state index in [4.69, 9.17) is 12.2 Å². The highest BCUT2D eigenvalue weighted by atomic mass is 32.1. The Morgan fingerprint density at radius 2 is 1.68 bits per heavy atom. The van der Waals surface area contributed by atoms with Gasteiger partial charge in [-0.3, -0.25) is 10.1 Å². The molecule has 2 N–H and O–H groups in total. The lowest BCUT2D eigenvalue weighted by Crippen LogP contribution is -2.42. The first-order valence-electron chi connectivity index (χ1n) is 6.42. The summed E-state index contributed by atoms with van der Waals surface area (Å²) in [5.74, 6) is -0.182. The third-order valence-corrected chi connectivity index (χ3v) is 2.88. The smallest absolute Gasteiger partial charge is 0.257 e. The van der Waals surface area contributed by atoms with Crippen molar-refractivity contribution >= 4 is 23.2 Å². The molecule has 1 aromatic rings. The van der Waals surface area contributed by atoms with Crippen molar-refractivity contribution in [2.75, 3.05) is 0 Å². The minimum atomic E-state index is -0.182. The highest BCUT2D eigenvalue weighted by Crippen LogP contribution is 2.22. The molecule has 0 aliphatic heterocycles. The topological polar surface area (TPSA) is 41.1 Å². The van der Waals surface area contributed by atoms with Crippen LogP contribution < -0.4 is 10.6 Å². The van der Waals surface area contributed by atoms with E-state index in [0.717, 1.165) is 0 Å². The Hall–Kier alpha value is -1.42. The van der Waals surface area contributed by atoms with Crippen LogP contribution in [-0.4, -0.2) is 17.1 Å². The Bertz CT molecular complexity index is 458. The zero-order valence-corrected chi connectivity index (χ0v) is 13.0. The van der Waals surface area contributed by atoms with Crippen LogP contribution in [0.4, 0.5) is 0 Å². The van der Waals surface area contributed by atoms with Gasteiger partial charge in [0, 0.05) is 11.6 Å². The van der Waals surface area contributed by atoms with Crippen molar-refractivity contribution in [3.63, 3.8) is 0 Å². The number of carbonyl (C=O) groups is 1. The maximum atomic E-state index is 12.0. The summed E-state index contributed by atoms with van der Waals surface area (Å²) in [6.45, 7) is 10.4. The molecule has 1 amide bonds. The van der Waals surface area contributed by atoms with E-state index in [1.54, 1.807) is 0 Å². The fourth-order valence-corrected chi connectivity index (χ4v) is 1.92. The van der Waals surface area contributed by atoms with Crippen LogP contribution in [0.5, 0.6) is 0 Å². The average molecular weight is 278 g/mol. The number of hydrogen-bond donors (Lipinski definition) is 2. The molecular formula is C15H22N2OS. The summed E-state index contributed by atoms with van der Waals surface area (Å²) in [5.41, 5.74) is 1.90. The predicted octanol–water partition coefficient (Wildman–Crippen LogP) is 3.00. The Kier molecular flexibility index (Phi) is 5.06. The van der Waals surface area contributed by atoms with Gasteiger partial charge < -0.3 is 5.32 Å². The maximum absolute atomic E-state index is 12.0. The lowest BCUT2D eigenvalue weighted by atomic mass is 9.87. The fourth-order valence-electron chi connectivity index (χ4n) is 1.60. The monoisotopic (exact) mass is 278 g/mol. The van der Waals surface area contributed by atoms with Gasteiger partial charge in [-0.1, -0.05) is 32.9 Å². The predicted molar refractivity (Wildman–Crippen MR) is 83.5 cm³/mol. The largest absolute Gasteiger partial charge is 0.360 e. The molecule has 4 heteroatoms. The van der Waals surface area contributed by atoms with Crippen molar-refractivity contribution < 1.29 is 4.79 Å². The Morgan fingerprint density at radius 1 is 1.16 bits per heavy atom. The summed E-state index contributed by atoms with van der Waals surface area (Å²) in [6.07, 6.45) is 0. The van der Waals surface area contributed by atoms with Crippen LogP contribution in [0.3, 0.4) is 0 Å². The van der Waals surface area contributed by atoms with E-state index >= 15 is 0 Å². The normalized spacial score (nSPS) is 11.3. The number of carbonyl (C=O) groups excluding carboxylic acids is 1. The van der Waals surface area contributed by atoms with Crippen LogP contribution in [0.15, 0.2) is 24.3 Å². The molecule has 0 spiro atoms. The first-order chi connectivity index (χ1) is 8.70. The molecule has 0 heterocycles. The van der Waals surface area contributed by atoms with E-state index < -0.39 is 0 Å². The van der Waals surface area contributed by atoms with Crippen molar-refractivity contribution in [2.24, 2.45) is 0 Å². The molecule has 3 nitrogen and oxygen atoms in total. The van der Waals surface area contributed by atoms with Crippen molar-refractivity contribution in [3.8, 4) is 0 Å². The van der Waals surface area contributed by atoms with E-state index in [1.165, 1.54) is 5.56 Å². The van der Waals surface area contributed by atoms with E-state index in [1.807, 2.05) is 38.1 Å². The molecule has 19 heavy (non-hydrogen) atoms. The van der Waals surface area contributed by atoms with Crippen LogP contribution in [0.1, 0.15) is 50.5 Å². The van der Waals surface area contributed by atoms with Gasteiger partial charge in [-0.25, -0.2) is 0 Å². The summed E-state index contributed by atoms with van der Waals surface area (Å²) in [7, 11) is 0. The second-order valence-electron chi connectivity index (χ2n) is 5.91. The van der Waals surface area contributed by atoms with Crippen LogP contribution in [0.2, 0.25) is 0 Å². The van der Waals surface area contributed by atoms with Crippen LogP contribution in [0.25, 0.3) is 0 Å². The summed E-state index contributed by atoms with van der Waals surface area (Å²) >= 11 is 5.05. The third kappa shape index (κ3) is 4.99. The number of hydrogen-bond acceptors (Lipinski definition) is 2. The molecule has 0 saturated heterocycles. The molecule has 0 unspecified atom stereocenters. The molecule has 0 aromatic heterocycles. The zero-order chi connectivity index (χ0) is 14.6. The summed E-state index contributed by atoms with van der Waals surface area (Å²) < 4.78 is 0. The molecule has 1 aromatic carbocycles. The highest BCUT2D eigenvalue weighted by molar-refractivity contribution is 7.80. The third-order valence-electron chi connectivity index (χ3n) is 2.66. The first kappa shape index (κ1) is 15.6. The van der Waals surface area contributed by atoms with E-state index in [-0.39, 0.29) is 17.4 Å². The zero-order valence-electron chi connectivity index (χ0n) is 12.2. The van der Waals surface area contributed by atoms with Crippen molar-refractivity contribution in [1.82, 2.24) is 10.6 Å². The lowest BCUT2D eigenvalue weighted by Gasteiger charge is -2.19. The second kappa shape index (κ2) is 6.15. The summed E-state index contributed by atoms with van der Waals surface area (Å²) in [4.78, 5) is 12.0. The molecule has 104 valence electrons. The van der Waals surface area contributed by atoms with Crippen molar-refractivity contribution in [3.05, 3.63) is 35.4 Å². The van der Waals surface area contributed by atoms with E-state index in [0.29, 0.717) is 10.7 Å². The lowest BCUT2D eigenvalue weighted by molar-refractivity contribution is 0.0976. The summed E-state index contributed by atoms with van der Waals surface area (Å²) in [5, 5.41) is 6.01. The van der Waals surface area contributed by atoms with Crippen LogP contribution >= 0.6 is 12.2 Å². The second-order valence-corrected chi connectivity index (χ2v) is 6.32. The minimum Gasteiger partial charge on any atom is -0.360 e. The van der Waals surface area contributed by atoms with E-state index in [9.17, 15) is 4.79 Å². The number of amides is 1. The van der Waals surface area contributed by atoms with Crippen LogP contribution in [-0.2, 0) is 5.41 Å². The van der Waals surface area contributed by atoms with Gasteiger partial charge in [0.2, 0.25) is 0 Å². The average Bonchev–Trinajstić information content (AvgIpc) is 2.26. The maximum Gasteiger partial charge on any atom is 0.257 e. The number of nitrogens with one attached hydrogen (secondary N) is 2. The van der Waals surface area contributed by atoms with Gasteiger partial charge in [-0.15, -0.1) is 0 Å². The van der Waals surface area contributed by atoms with Crippen LogP contribution in [0, 0.1) is 0 Å². The minimum absolute atomic E-state index is 0.0868. The SMILES string of the molecule is CC(C)NC(=S)NC(=O)c1ccc(C(C)(C)C)cc1. The van der Waals surface area contributed by atoms with Gasteiger partial charge in [0.15, 0.2) is 5.11 Å². The molecule has 0 atom stereocenters. The molecule has 0 fully saturated rings. The molecule has 0 saturated carbocycles. The van der Waals surface area contributed by atoms with Crippen molar-refractivity contribution in [1.29, 1.82) is 0 Å². The number of rotatable bonds is 2. The molecular weight excluding hydrogens is 256 g/mol. The number of benzene rings is 1. The molecule has 0 aliphatic rings. The fraction of sp³-hybridized carbons (Fsp3) is 0.467. The molecule has 1 rings (SSSR count). The first-order valence-corrected chi connectivity index (χ1v) is 6.83. The molecule has 0 bridgehead atoms. The highest BCUT2D eigenvalue weighted by Gasteiger charge is 2.14. The van der Waals surface area contributed by atoms with E-state index in [2.05, 4.69) is 31.4 Å².